The van der Waals surface area contributed by atoms with Gasteiger partial charge in [-0.2, -0.15) is 0 Å². The van der Waals surface area contributed by atoms with E-state index in [-0.39, 0.29) is 23.1 Å². The average Bonchev–Trinajstić information content (AvgIpc) is 3.08. The van der Waals surface area contributed by atoms with E-state index in [1.165, 1.54) is 56.9 Å². The van der Waals surface area contributed by atoms with Gasteiger partial charge in [-0.05, 0) is 106 Å². The Morgan fingerprint density at radius 1 is 1.09 bits per heavy atom. The lowest BCUT2D eigenvalue weighted by molar-refractivity contribution is -0.302. The summed E-state index contributed by atoms with van der Waals surface area (Å²) in [5, 5.41) is 33.8. The minimum absolute atomic E-state index is 0. The summed E-state index contributed by atoms with van der Waals surface area (Å²) in [4.78, 5) is 8.89. The highest BCUT2D eigenvalue weighted by molar-refractivity contribution is 5.60. The van der Waals surface area contributed by atoms with E-state index < -0.39 is 5.97 Å². The molecule has 0 bridgehead atoms. The molecule has 0 heterocycles. The number of aliphatic hydroxyl groups excluding tert-OH is 2. The fourth-order valence-corrected chi connectivity index (χ4v) is 8.09. The Balaban J connectivity index is 0.000000758. The number of quaternary nitrogens is 1. The van der Waals surface area contributed by atoms with Gasteiger partial charge >= 0.3 is 0 Å². The number of carbonyl (C=O) groups is 1. The van der Waals surface area contributed by atoms with Crippen LogP contribution in [0.5, 0.6) is 0 Å². The Bertz CT molecular complexity index is 675. The predicted octanol–water partition coefficient (Wildman–Crippen LogP) is 4.20. The zero-order valence-corrected chi connectivity index (χ0v) is 22.3. The van der Waals surface area contributed by atoms with E-state index in [1.807, 2.05) is 0 Å². The van der Waals surface area contributed by atoms with Crippen LogP contribution in [0.25, 0.3) is 0 Å². The van der Waals surface area contributed by atoms with Gasteiger partial charge in [0, 0.05) is 18.6 Å². The summed E-state index contributed by atoms with van der Waals surface area (Å²) in [6.07, 6.45) is 14.4. The highest BCUT2D eigenvalue weighted by Gasteiger charge is 2.56. The fraction of sp³-hybridized carbons (Fsp3) is 0.893. The molecule has 0 aromatic carbocycles. The lowest BCUT2D eigenvalue weighted by atomic mass is 9.49. The number of carboxylic acids is 1. The zero-order valence-electron chi connectivity index (χ0n) is 22.3. The van der Waals surface area contributed by atoms with Gasteiger partial charge in [0.05, 0.1) is 6.10 Å². The van der Waals surface area contributed by atoms with Crippen LogP contribution in [0, 0.1) is 34.5 Å². The molecule has 0 aliphatic heterocycles. The molecule has 4 fully saturated rings. The van der Waals surface area contributed by atoms with E-state index in [9.17, 15) is 10.2 Å². The van der Waals surface area contributed by atoms with Crippen LogP contribution in [0.15, 0.2) is 12.2 Å². The van der Waals surface area contributed by atoms with Gasteiger partial charge in [-0.1, -0.05) is 45.3 Å². The van der Waals surface area contributed by atoms with Crippen molar-refractivity contribution in [2.45, 2.75) is 110 Å². The molecule has 0 aromatic heterocycles. The quantitative estimate of drug-likeness (QED) is 0.438. The third-order valence-electron chi connectivity index (χ3n) is 10.2. The number of aliphatic carboxylic acids is 1. The van der Waals surface area contributed by atoms with Gasteiger partial charge in [-0.25, -0.2) is 0 Å². The molecule has 4 aliphatic carbocycles. The van der Waals surface area contributed by atoms with Crippen molar-refractivity contribution in [2.75, 3.05) is 13.2 Å². The molecular formula is C28H52N2O4. The van der Waals surface area contributed by atoms with Gasteiger partial charge in [-0.15, -0.1) is 0 Å². The first-order valence-electron chi connectivity index (χ1n) is 13.5. The number of fused-ring (bicyclic) bond motifs is 1. The molecule has 4 aliphatic rings. The molecule has 0 saturated heterocycles. The number of carbonyl (C=O) groups excluding carboxylic acids is 1. The highest BCUT2D eigenvalue weighted by atomic mass is 16.4. The first kappa shape index (κ1) is 29.3. The third-order valence-corrected chi connectivity index (χ3v) is 10.2. The largest absolute Gasteiger partial charge is 0.550 e. The van der Waals surface area contributed by atoms with Crippen molar-refractivity contribution in [2.24, 2.45) is 34.5 Å². The van der Waals surface area contributed by atoms with E-state index in [0.717, 1.165) is 39.2 Å². The number of carboxylic acid groups (broad SMARTS) is 1. The maximum Gasteiger partial charge on any atom is 0.0543 e. The minimum Gasteiger partial charge on any atom is -0.550 e. The van der Waals surface area contributed by atoms with Crippen molar-refractivity contribution in [3.8, 4) is 0 Å². The number of hydrogen-bond acceptors (Lipinski definition) is 5. The van der Waals surface area contributed by atoms with Gasteiger partial charge in [0.25, 0.3) is 0 Å². The minimum atomic E-state index is -1.08. The van der Waals surface area contributed by atoms with Crippen molar-refractivity contribution in [1.29, 1.82) is 0 Å². The predicted molar refractivity (Wildman–Crippen MR) is 136 cm³/mol. The second-order valence-corrected chi connectivity index (χ2v) is 12.0. The summed E-state index contributed by atoms with van der Waals surface area (Å²) in [5.74, 6) is 0.989. The van der Waals surface area contributed by atoms with Gasteiger partial charge in [-0.3, -0.25) is 0 Å². The number of rotatable bonds is 5. The molecule has 198 valence electrons. The van der Waals surface area contributed by atoms with Crippen molar-refractivity contribution >= 4 is 5.97 Å². The molecule has 4 saturated carbocycles. The lowest BCUT2D eigenvalue weighted by Crippen LogP contribution is -2.53. The number of hydrogen-bond donors (Lipinski definition) is 4. The van der Waals surface area contributed by atoms with Crippen LogP contribution in [0.4, 0.5) is 0 Å². The summed E-state index contributed by atoms with van der Waals surface area (Å²) in [6, 6.07) is 0.675. The standard InChI is InChI=1S/C26H45NO2.C2H4O2.H3N/c1-18-9-10-23-22(17-28)24(12-14-25(18,23)2)26(3)13-11-21(29)15-19(26)16-27-20-7-5-4-6-8-20;1-2(3)4;/h19-24,27-29H,1,4-17H2,2-3H3;1H3,(H,3,4);1H3/t19-,21+,22-,23?,24?,25+,26+;;/m1../s1. The molecule has 34 heavy (non-hydrogen) atoms. The SMILES string of the molecule is C=C1CCC2[C@@H](CO)C([C@@]3(C)CC[C@H](O)C[C@@H]3CNC3CCCCC3)CC[C@@]12C.CC(=O)[O-].[NH4+]. The molecule has 7 atom stereocenters. The summed E-state index contributed by atoms with van der Waals surface area (Å²) < 4.78 is 0. The molecule has 0 aromatic rings. The van der Waals surface area contributed by atoms with E-state index in [1.54, 1.807) is 0 Å². The van der Waals surface area contributed by atoms with E-state index in [2.05, 4.69) is 25.7 Å². The Hall–Kier alpha value is -0.950. The Kier molecular flexibility index (Phi) is 10.6. The molecule has 0 radical (unpaired) electrons. The normalized spacial score (nSPS) is 40.5. The molecule has 7 N–H and O–H groups in total. The second-order valence-electron chi connectivity index (χ2n) is 12.0. The summed E-state index contributed by atoms with van der Waals surface area (Å²) in [5.41, 5.74) is 1.89. The van der Waals surface area contributed by atoms with Gasteiger partial charge in [0.2, 0.25) is 0 Å². The summed E-state index contributed by atoms with van der Waals surface area (Å²) >= 11 is 0. The van der Waals surface area contributed by atoms with Gasteiger partial charge in [0.15, 0.2) is 0 Å². The number of aliphatic hydroxyl groups is 2. The van der Waals surface area contributed by atoms with Crippen LogP contribution in [-0.4, -0.2) is 41.5 Å². The Labute approximate surface area is 207 Å². The number of nitrogens with one attached hydrogen (secondary N) is 1. The molecule has 0 amide bonds. The first-order valence-corrected chi connectivity index (χ1v) is 13.5. The monoisotopic (exact) mass is 480 g/mol. The van der Waals surface area contributed by atoms with Crippen molar-refractivity contribution < 1.29 is 20.1 Å². The van der Waals surface area contributed by atoms with Crippen LogP contribution in [0.1, 0.15) is 97.8 Å². The van der Waals surface area contributed by atoms with Crippen LogP contribution in [0.3, 0.4) is 0 Å². The van der Waals surface area contributed by atoms with Crippen molar-refractivity contribution in [1.82, 2.24) is 11.5 Å². The second kappa shape index (κ2) is 12.3. The van der Waals surface area contributed by atoms with Crippen molar-refractivity contribution in [3.63, 3.8) is 0 Å². The molecule has 4 rings (SSSR count). The summed E-state index contributed by atoms with van der Waals surface area (Å²) in [7, 11) is 0. The number of allylic oxidation sites excluding steroid dienone is 1. The van der Waals surface area contributed by atoms with Crippen molar-refractivity contribution in [3.05, 3.63) is 12.2 Å². The molecule has 6 heteroatoms. The molecule has 0 spiro atoms. The van der Waals surface area contributed by atoms with E-state index in [4.69, 9.17) is 9.90 Å². The molecular weight excluding hydrogens is 428 g/mol. The Morgan fingerprint density at radius 2 is 1.74 bits per heavy atom. The van der Waals surface area contributed by atoms with Crippen LogP contribution in [-0.2, 0) is 4.79 Å². The lowest BCUT2D eigenvalue weighted by Gasteiger charge is -2.56. The fourth-order valence-electron chi connectivity index (χ4n) is 8.09. The smallest absolute Gasteiger partial charge is 0.0543 e. The third kappa shape index (κ3) is 6.24. The van der Waals surface area contributed by atoms with E-state index >= 15 is 0 Å². The van der Waals surface area contributed by atoms with Gasteiger partial charge in [0.1, 0.15) is 0 Å². The Morgan fingerprint density at radius 3 is 2.35 bits per heavy atom. The van der Waals surface area contributed by atoms with Crippen LogP contribution in [0.2, 0.25) is 0 Å². The maximum atomic E-state index is 10.5. The molecule has 6 nitrogen and oxygen atoms in total. The summed E-state index contributed by atoms with van der Waals surface area (Å²) in [6.45, 7) is 11.7. The topological polar surface area (TPSA) is 129 Å². The van der Waals surface area contributed by atoms with Crippen LogP contribution < -0.4 is 16.6 Å². The molecule has 2 unspecified atom stereocenters. The zero-order chi connectivity index (χ0) is 24.2. The maximum absolute atomic E-state index is 10.5. The van der Waals surface area contributed by atoms with Gasteiger partial charge < -0.3 is 31.6 Å². The van der Waals surface area contributed by atoms with Crippen LogP contribution >= 0.6 is 0 Å². The first-order chi connectivity index (χ1) is 15.6. The highest BCUT2D eigenvalue weighted by Crippen LogP contribution is 2.63. The van der Waals surface area contributed by atoms with E-state index in [0.29, 0.717) is 36.3 Å². The average molecular weight is 481 g/mol.